The fourth-order valence-corrected chi connectivity index (χ4v) is 3.35. The zero-order valence-electron chi connectivity index (χ0n) is 16.8. The lowest BCUT2D eigenvalue weighted by Crippen LogP contribution is -2.29. The quantitative estimate of drug-likeness (QED) is 0.588. The number of nitrogens with zero attached hydrogens (tertiary/aromatic N) is 2. The number of aryl methyl sites for hydroxylation is 1. The number of carbonyl (C=O) groups is 1. The van der Waals surface area contributed by atoms with E-state index in [4.69, 9.17) is 16.3 Å². The van der Waals surface area contributed by atoms with Crippen LogP contribution in [-0.2, 0) is 11.2 Å². The van der Waals surface area contributed by atoms with Gasteiger partial charge in [0.05, 0.1) is 6.61 Å². The molecule has 0 saturated carbocycles. The minimum Gasteiger partial charge on any atom is -0.383 e. The van der Waals surface area contributed by atoms with Gasteiger partial charge < -0.3 is 10.1 Å². The summed E-state index contributed by atoms with van der Waals surface area (Å²) in [6.45, 7) is 4.63. The van der Waals surface area contributed by atoms with Crippen molar-refractivity contribution < 1.29 is 9.53 Å². The summed E-state index contributed by atoms with van der Waals surface area (Å²) in [6.07, 6.45) is 0.494. The predicted octanol–water partition coefficient (Wildman–Crippen LogP) is 4.38. The zero-order valence-corrected chi connectivity index (χ0v) is 17.6. The van der Waals surface area contributed by atoms with Gasteiger partial charge in [0.25, 0.3) is 5.91 Å². The molecule has 3 rings (SSSR count). The SMILES string of the molecule is COCCNC(=O)c1nc(Cc2ccc(-c3ccccc3)c(Cl)c2)nc(C)c1C. The van der Waals surface area contributed by atoms with Gasteiger partial charge in [0.15, 0.2) is 0 Å². The molecule has 1 amide bonds. The maximum atomic E-state index is 12.5. The van der Waals surface area contributed by atoms with Crippen LogP contribution in [0.2, 0.25) is 5.02 Å². The van der Waals surface area contributed by atoms with Gasteiger partial charge in [0, 0.05) is 41.9 Å². The highest BCUT2D eigenvalue weighted by Gasteiger charge is 2.16. The molecule has 0 bridgehead atoms. The molecule has 0 radical (unpaired) electrons. The number of hydrogen-bond acceptors (Lipinski definition) is 4. The van der Waals surface area contributed by atoms with Crippen molar-refractivity contribution >= 4 is 17.5 Å². The largest absolute Gasteiger partial charge is 0.383 e. The fourth-order valence-electron chi connectivity index (χ4n) is 3.04. The number of hydrogen-bond donors (Lipinski definition) is 1. The summed E-state index contributed by atoms with van der Waals surface area (Å²) in [5.74, 6) is 0.372. The van der Waals surface area contributed by atoms with Gasteiger partial charge in [-0.2, -0.15) is 0 Å². The van der Waals surface area contributed by atoms with Crippen LogP contribution in [0.1, 0.15) is 33.1 Å². The van der Waals surface area contributed by atoms with E-state index >= 15 is 0 Å². The Kier molecular flexibility index (Phi) is 6.96. The predicted molar refractivity (Wildman–Crippen MR) is 115 cm³/mol. The summed E-state index contributed by atoms with van der Waals surface area (Å²) in [6, 6.07) is 16.0. The summed E-state index contributed by atoms with van der Waals surface area (Å²) >= 11 is 6.52. The first-order valence-corrected chi connectivity index (χ1v) is 9.82. The molecule has 150 valence electrons. The van der Waals surface area contributed by atoms with Crippen molar-refractivity contribution in [3.05, 3.63) is 81.9 Å². The molecular formula is C23H24ClN3O2. The Morgan fingerprint density at radius 1 is 1.10 bits per heavy atom. The minimum absolute atomic E-state index is 0.219. The van der Waals surface area contributed by atoms with Crippen LogP contribution >= 0.6 is 11.6 Å². The van der Waals surface area contributed by atoms with E-state index < -0.39 is 0 Å². The monoisotopic (exact) mass is 409 g/mol. The third kappa shape index (κ3) is 5.19. The van der Waals surface area contributed by atoms with Gasteiger partial charge in [0.1, 0.15) is 11.5 Å². The normalized spacial score (nSPS) is 10.8. The molecule has 5 nitrogen and oxygen atoms in total. The molecule has 6 heteroatoms. The lowest BCUT2D eigenvalue weighted by Gasteiger charge is -2.12. The number of halogens is 1. The van der Waals surface area contributed by atoms with Crippen molar-refractivity contribution in [2.75, 3.05) is 20.3 Å². The Morgan fingerprint density at radius 3 is 2.55 bits per heavy atom. The molecule has 2 aromatic carbocycles. The van der Waals surface area contributed by atoms with Crippen molar-refractivity contribution in [1.29, 1.82) is 0 Å². The van der Waals surface area contributed by atoms with E-state index in [1.165, 1.54) is 0 Å². The smallest absolute Gasteiger partial charge is 0.270 e. The molecule has 0 aliphatic rings. The highest BCUT2D eigenvalue weighted by Crippen LogP contribution is 2.29. The first-order valence-electron chi connectivity index (χ1n) is 9.44. The van der Waals surface area contributed by atoms with Crippen LogP contribution in [0.25, 0.3) is 11.1 Å². The van der Waals surface area contributed by atoms with Crippen LogP contribution in [0.15, 0.2) is 48.5 Å². The van der Waals surface area contributed by atoms with Gasteiger partial charge in [-0.25, -0.2) is 9.97 Å². The molecule has 1 aromatic heterocycles. The van der Waals surface area contributed by atoms with Crippen molar-refractivity contribution in [3.8, 4) is 11.1 Å². The van der Waals surface area contributed by atoms with E-state index in [0.717, 1.165) is 27.9 Å². The first kappa shape index (κ1) is 21.0. The van der Waals surface area contributed by atoms with Gasteiger partial charge >= 0.3 is 0 Å². The average molecular weight is 410 g/mol. The molecule has 3 aromatic rings. The van der Waals surface area contributed by atoms with Crippen molar-refractivity contribution in [3.63, 3.8) is 0 Å². The number of benzene rings is 2. The third-order valence-corrected chi connectivity index (χ3v) is 5.04. The van der Waals surface area contributed by atoms with E-state index in [1.54, 1.807) is 7.11 Å². The van der Waals surface area contributed by atoms with E-state index in [9.17, 15) is 4.79 Å². The van der Waals surface area contributed by atoms with E-state index in [-0.39, 0.29) is 5.91 Å². The highest BCUT2D eigenvalue weighted by atomic mass is 35.5. The maximum Gasteiger partial charge on any atom is 0.270 e. The zero-order chi connectivity index (χ0) is 20.8. The van der Waals surface area contributed by atoms with Gasteiger partial charge in [-0.15, -0.1) is 0 Å². The second kappa shape index (κ2) is 9.63. The maximum absolute atomic E-state index is 12.5. The Morgan fingerprint density at radius 2 is 1.86 bits per heavy atom. The molecule has 0 unspecified atom stereocenters. The first-order chi connectivity index (χ1) is 14.0. The lowest BCUT2D eigenvalue weighted by molar-refractivity contribution is 0.0931. The number of carbonyl (C=O) groups excluding carboxylic acids is 1. The van der Waals surface area contributed by atoms with E-state index in [1.807, 2.05) is 62.4 Å². The fraction of sp³-hybridized carbons (Fsp3) is 0.261. The van der Waals surface area contributed by atoms with Crippen LogP contribution < -0.4 is 5.32 Å². The van der Waals surface area contributed by atoms with Crippen molar-refractivity contribution in [1.82, 2.24) is 15.3 Å². The molecular weight excluding hydrogens is 386 g/mol. The summed E-state index contributed by atoms with van der Waals surface area (Å²) in [5, 5.41) is 3.49. The molecule has 1 heterocycles. The molecule has 0 aliphatic carbocycles. The summed E-state index contributed by atoms with van der Waals surface area (Å²) in [5.41, 5.74) is 5.01. The number of ether oxygens (including phenoxy) is 1. The third-order valence-electron chi connectivity index (χ3n) is 4.72. The highest BCUT2D eigenvalue weighted by molar-refractivity contribution is 6.33. The van der Waals surface area contributed by atoms with Crippen LogP contribution in [0.4, 0.5) is 0 Å². The number of nitrogens with one attached hydrogen (secondary N) is 1. The van der Waals surface area contributed by atoms with Gasteiger partial charge in [0.2, 0.25) is 0 Å². The molecule has 29 heavy (non-hydrogen) atoms. The topological polar surface area (TPSA) is 64.1 Å². The van der Waals surface area contributed by atoms with E-state index in [2.05, 4.69) is 15.3 Å². The number of amides is 1. The van der Waals surface area contributed by atoms with Crippen LogP contribution in [-0.4, -0.2) is 36.1 Å². The van der Waals surface area contributed by atoms with Crippen LogP contribution in [0.5, 0.6) is 0 Å². The Hall–Kier alpha value is -2.76. The standard InChI is InChI=1S/C23H24ClN3O2/c1-15-16(2)26-21(27-22(15)23(28)25-11-12-29-3)14-17-9-10-19(20(24)13-17)18-7-5-4-6-8-18/h4-10,13H,11-12,14H2,1-3H3,(H,25,28). The summed E-state index contributed by atoms with van der Waals surface area (Å²) < 4.78 is 4.98. The minimum atomic E-state index is -0.219. The summed E-state index contributed by atoms with van der Waals surface area (Å²) in [7, 11) is 1.60. The second-order valence-corrected chi connectivity index (χ2v) is 7.21. The molecule has 0 atom stereocenters. The summed E-state index contributed by atoms with van der Waals surface area (Å²) in [4.78, 5) is 21.5. The van der Waals surface area contributed by atoms with Crippen molar-refractivity contribution in [2.45, 2.75) is 20.3 Å². The molecule has 0 fully saturated rings. The number of aromatic nitrogens is 2. The average Bonchev–Trinajstić information content (AvgIpc) is 2.71. The Labute approximate surface area is 176 Å². The molecule has 0 aliphatic heterocycles. The number of rotatable bonds is 7. The van der Waals surface area contributed by atoms with Gasteiger partial charge in [-0.3, -0.25) is 4.79 Å². The van der Waals surface area contributed by atoms with Gasteiger partial charge in [-0.1, -0.05) is 54.1 Å². The Balaban J connectivity index is 1.83. The molecule has 1 N–H and O–H groups in total. The second-order valence-electron chi connectivity index (χ2n) is 6.80. The number of methoxy groups -OCH3 is 1. The molecule has 0 saturated heterocycles. The van der Waals surface area contributed by atoms with Crippen molar-refractivity contribution in [2.24, 2.45) is 0 Å². The van der Waals surface area contributed by atoms with Crippen LogP contribution in [0.3, 0.4) is 0 Å². The van der Waals surface area contributed by atoms with Crippen LogP contribution in [0, 0.1) is 13.8 Å². The van der Waals surface area contributed by atoms with E-state index in [0.29, 0.717) is 36.1 Å². The lowest BCUT2D eigenvalue weighted by atomic mass is 10.0. The van der Waals surface area contributed by atoms with Gasteiger partial charge in [-0.05, 0) is 31.0 Å². The molecule has 0 spiro atoms. The Bertz CT molecular complexity index is 1010.